The summed E-state index contributed by atoms with van der Waals surface area (Å²) >= 11 is 0. The van der Waals surface area contributed by atoms with Gasteiger partial charge in [-0.2, -0.15) is 0 Å². The lowest BCUT2D eigenvalue weighted by molar-refractivity contribution is -0.870. The van der Waals surface area contributed by atoms with Gasteiger partial charge in [0, 0.05) is 12.8 Å². The van der Waals surface area contributed by atoms with Crippen molar-refractivity contribution in [3.63, 3.8) is 0 Å². The van der Waals surface area contributed by atoms with Gasteiger partial charge in [-0.1, -0.05) is 283 Å². The van der Waals surface area contributed by atoms with Crippen LogP contribution in [-0.2, 0) is 27.9 Å². The standard InChI is InChI=1S/C77H133N2O7P/c1-7-10-13-16-19-22-25-27-29-31-33-35-37-39-41-43-45-47-49-51-54-57-60-63-66-69-76(80)78-74(73-85-87(82,83)84-72-71-79(4,5)6)75(68-65-62-59-56-53-24-21-18-15-12-9-3)86-77(81)70-67-64-61-58-55-52-50-48-46-44-42-40-38-36-34-32-30-28-26-23-20-17-14-11-8-2/h10,13,19-20,22-23,27-30,33-36,39-42,45,47,65,68,74-75H,7-9,11-12,14-18,21,24-26,31-32,37-38,43-44,46,48-64,66-67,69-73H2,1-6H3,(H-,78,80,82,83)/b13-10-,22-19-,23-20-,29-27-,30-28-,35-33-,36-34-,41-39-,42-40-,47-45-,68-65+. The number of carbonyl (C=O) groups is 2. The molecule has 0 radical (unpaired) electrons. The molecule has 0 aliphatic heterocycles. The number of ether oxygens (including phenoxy) is 1. The Hall–Kier alpha value is -3.85. The van der Waals surface area contributed by atoms with Crippen molar-refractivity contribution in [1.29, 1.82) is 0 Å². The number of rotatable bonds is 63. The van der Waals surface area contributed by atoms with Gasteiger partial charge in [0.2, 0.25) is 5.91 Å². The average Bonchev–Trinajstić information content (AvgIpc) is 3.70. The third-order valence-electron chi connectivity index (χ3n) is 15.1. The van der Waals surface area contributed by atoms with Gasteiger partial charge >= 0.3 is 5.97 Å². The topological polar surface area (TPSA) is 114 Å². The summed E-state index contributed by atoms with van der Waals surface area (Å²) in [6.45, 7) is 6.68. The quantitative estimate of drug-likeness (QED) is 0.0212. The van der Waals surface area contributed by atoms with Gasteiger partial charge in [0.1, 0.15) is 19.3 Å². The lowest BCUT2D eigenvalue weighted by Gasteiger charge is -2.30. The molecule has 1 N–H and O–H groups in total. The number of carbonyl (C=O) groups excluding carboxylic acids is 2. The SMILES string of the molecule is CC/C=C\C/C=C\C/C=C\C/C=C\C/C=C\C/C=C\CCCCCCCCC(=O)NC(COP(=O)([O-])OCC[N+](C)(C)C)C(/C=C/CCCCCCCCCCC)OC(=O)CCCCCCCCCCC/C=C\C/C=C\C/C=C\C/C=C\CCCCC. The molecule has 0 aromatic rings. The van der Waals surface area contributed by atoms with Gasteiger partial charge in [0.25, 0.3) is 7.82 Å². The summed E-state index contributed by atoms with van der Waals surface area (Å²) in [5, 5.41) is 3.03. The fraction of sp³-hybridized carbons (Fsp3) is 0.688. The number of phosphoric ester groups is 1. The average molecular weight is 1230 g/mol. The normalized spacial score (nSPS) is 14.3. The molecule has 3 atom stereocenters. The molecular weight excluding hydrogens is 1100 g/mol. The molecule has 0 rings (SSSR count). The molecule has 0 saturated carbocycles. The maximum atomic E-state index is 13.6. The first kappa shape index (κ1) is 83.2. The van der Waals surface area contributed by atoms with E-state index in [1.807, 2.05) is 33.3 Å². The molecule has 0 saturated heterocycles. The van der Waals surface area contributed by atoms with Crippen molar-refractivity contribution in [2.75, 3.05) is 40.9 Å². The van der Waals surface area contributed by atoms with Crippen molar-refractivity contribution in [3.05, 3.63) is 134 Å². The maximum absolute atomic E-state index is 13.6. The number of quaternary nitrogens is 1. The molecular formula is C77H133N2O7P. The minimum Gasteiger partial charge on any atom is -0.756 e. The van der Waals surface area contributed by atoms with Gasteiger partial charge < -0.3 is 28.5 Å². The number of allylic oxidation sites excluding steroid dienone is 21. The highest BCUT2D eigenvalue weighted by molar-refractivity contribution is 7.45. The van der Waals surface area contributed by atoms with Crippen LogP contribution in [0.4, 0.5) is 0 Å². The van der Waals surface area contributed by atoms with E-state index in [2.05, 4.69) is 148 Å². The zero-order valence-corrected chi connectivity index (χ0v) is 57.8. The molecule has 0 aromatic heterocycles. The van der Waals surface area contributed by atoms with Gasteiger partial charge in [0.15, 0.2) is 0 Å². The Morgan fingerprint density at radius 1 is 0.414 bits per heavy atom. The Morgan fingerprint density at radius 3 is 1.13 bits per heavy atom. The highest BCUT2D eigenvalue weighted by Gasteiger charge is 2.27. The molecule has 3 unspecified atom stereocenters. The molecule has 0 aromatic carbocycles. The van der Waals surface area contributed by atoms with Crippen LogP contribution < -0.4 is 10.2 Å². The molecule has 0 fully saturated rings. The largest absolute Gasteiger partial charge is 0.756 e. The van der Waals surface area contributed by atoms with E-state index in [9.17, 15) is 19.0 Å². The summed E-state index contributed by atoms with van der Waals surface area (Å²) < 4.78 is 30.4. The Bertz CT molecular complexity index is 1950. The van der Waals surface area contributed by atoms with Crippen LogP contribution in [0.15, 0.2) is 134 Å². The van der Waals surface area contributed by atoms with E-state index in [4.69, 9.17) is 13.8 Å². The van der Waals surface area contributed by atoms with Crippen LogP contribution in [0.2, 0.25) is 0 Å². The van der Waals surface area contributed by atoms with Crippen molar-refractivity contribution in [1.82, 2.24) is 5.32 Å². The summed E-state index contributed by atoms with van der Waals surface area (Å²) in [4.78, 5) is 40.2. The molecule has 1 amide bonds. The second-order valence-electron chi connectivity index (χ2n) is 24.6. The number of phosphoric acid groups is 1. The van der Waals surface area contributed by atoms with E-state index in [0.717, 1.165) is 141 Å². The Morgan fingerprint density at radius 2 is 0.736 bits per heavy atom. The monoisotopic (exact) mass is 1230 g/mol. The molecule has 87 heavy (non-hydrogen) atoms. The number of nitrogens with one attached hydrogen (secondary N) is 1. The van der Waals surface area contributed by atoms with E-state index >= 15 is 0 Å². The predicted molar refractivity (Wildman–Crippen MR) is 376 cm³/mol. The summed E-state index contributed by atoms with van der Waals surface area (Å²) in [6.07, 6.45) is 92.8. The molecule has 10 heteroatoms. The number of likely N-dealkylation sites (N-methyl/N-ethyl adjacent to an activating group) is 1. The second kappa shape index (κ2) is 65.1. The molecule has 0 spiro atoms. The third kappa shape index (κ3) is 66.4. The Labute approximate surface area is 536 Å². The number of unbranched alkanes of at least 4 members (excludes halogenated alkanes) is 27. The van der Waals surface area contributed by atoms with Crippen LogP contribution in [0.5, 0.6) is 0 Å². The van der Waals surface area contributed by atoms with Crippen LogP contribution >= 0.6 is 7.82 Å². The minimum atomic E-state index is -4.72. The van der Waals surface area contributed by atoms with Gasteiger partial charge in [-0.25, -0.2) is 0 Å². The predicted octanol–water partition coefficient (Wildman–Crippen LogP) is 22.2. The van der Waals surface area contributed by atoms with Crippen LogP contribution in [-0.4, -0.2) is 69.4 Å². The summed E-state index contributed by atoms with van der Waals surface area (Å²) in [7, 11) is 1.15. The van der Waals surface area contributed by atoms with E-state index < -0.39 is 26.6 Å². The zero-order chi connectivity index (χ0) is 63.5. The van der Waals surface area contributed by atoms with E-state index in [1.54, 1.807) is 0 Å². The Kier molecular flexibility index (Phi) is 62.2. The van der Waals surface area contributed by atoms with Gasteiger partial charge in [0.05, 0.1) is 33.8 Å². The number of amides is 1. The summed E-state index contributed by atoms with van der Waals surface area (Å²) in [5.41, 5.74) is 0. The van der Waals surface area contributed by atoms with Crippen LogP contribution in [0, 0.1) is 0 Å². The van der Waals surface area contributed by atoms with E-state index in [0.29, 0.717) is 30.3 Å². The molecule has 498 valence electrons. The van der Waals surface area contributed by atoms with Crippen LogP contribution in [0.1, 0.15) is 290 Å². The first-order valence-corrected chi connectivity index (χ1v) is 37.0. The highest BCUT2D eigenvalue weighted by Crippen LogP contribution is 2.38. The van der Waals surface area contributed by atoms with Gasteiger partial charge in [-0.15, -0.1) is 0 Å². The smallest absolute Gasteiger partial charge is 0.306 e. The van der Waals surface area contributed by atoms with E-state index in [1.165, 1.54) is 103 Å². The van der Waals surface area contributed by atoms with E-state index in [-0.39, 0.29) is 24.9 Å². The third-order valence-corrected chi connectivity index (χ3v) is 16.0. The highest BCUT2D eigenvalue weighted by atomic mass is 31.2. The van der Waals surface area contributed by atoms with Crippen molar-refractivity contribution in [3.8, 4) is 0 Å². The maximum Gasteiger partial charge on any atom is 0.306 e. The first-order chi connectivity index (χ1) is 42.4. The molecule has 9 nitrogen and oxygen atoms in total. The van der Waals surface area contributed by atoms with Crippen molar-refractivity contribution in [2.45, 2.75) is 303 Å². The Balaban J connectivity index is 5.10. The molecule has 0 aliphatic rings. The number of esters is 1. The lowest BCUT2D eigenvalue weighted by Crippen LogP contribution is -2.47. The minimum absolute atomic E-state index is 0.0335. The summed E-state index contributed by atoms with van der Waals surface area (Å²) in [5.74, 6) is -0.570. The second-order valence-corrected chi connectivity index (χ2v) is 26.1. The fourth-order valence-corrected chi connectivity index (χ4v) is 10.3. The van der Waals surface area contributed by atoms with Crippen LogP contribution in [0.3, 0.4) is 0 Å². The van der Waals surface area contributed by atoms with Crippen molar-refractivity contribution >= 4 is 19.7 Å². The number of hydrogen-bond donors (Lipinski definition) is 1. The van der Waals surface area contributed by atoms with Crippen molar-refractivity contribution < 1.29 is 37.3 Å². The van der Waals surface area contributed by atoms with Crippen molar-refractivity contribution in [2.24, 2.45) is 0 Å². The fourth-order valence-electron chi connectivity index (χ4n) is 9.63. The summed E-state index contributed by atoms with van der Waals surface area (Å²) in [6, 6.07) is -0.910. The molecule has 0 aliphatic carbocycles. The lowest BCUT2D eigenvalue weighted by atomic mass is 10.0. The molecule has 0 bridgehead atoms. The van der Waals surface area contributed by atoms with Crippen LogP contribution in [0.25, 0.3) is 0 Å². The molecule has 0 heterocycles. The zero-order valence-electron chi connectivity index (χ0n) is 56.9. The van der Waals surface area contributed by atoms with Gasteiger partial charge in [-0.05, 0) is 128 Å². The van der Waals surface area contributed by atoms with Gasteiger partial charge in [-0.3, -0.25) is 14.2 Å². The first-order valence-electron chi connectivity index (χ1n) is 35.5. The number of hydrogen-bond acceptors (Lipinski definition) is 7. The number of nitrogens with zero attached hydrogens (tertiary/aromatic N) is 1.